The van der Waals surface area contributed by atoms with Crippen LogP contribution in [-0.4, -0.2) is 56.6 Å². The largest absolute Gasteiger partial charge is 0.493 e. The first kappa shape index (κ1) is 15.9. The van der Waals surface area contributed by atoms with Gasteiger partial charge in [0, 0.05) is 44.0 Å². The molecule has 4 aliphatic rings. The van der Waals surface area contributed by atoms with Crippen molar-refractivity contribution in [2.24, 2.45) is 5.92 Å². The highest BCUT2D eigenvalue weighted by Gasteiger charge is 2.53. The number of ether oxygens (including phenoxy) is 4. The molecule has 0 aromatic heterocycles. The molecule has 0 unspecified atom stereocenters. The Morgan fingerprint density at radius 2 is 2.04 bits per heavy atom. The van der Waals surface area contributed by atoms with Crippen molar-refractivity contribution in [1.29, 1.82) is 0 Å². The summed E-state index contributed by atoms with van der Waals surface area (Å²) in [4.78, 5) is 2.58. The van der Waals surface area contributed by atoms with Crippen LogP contribution in [0.15, 0.2) is 18.2 Å². The van der Waals surface area contributed by atoms with Crippen LogP contribution < -0.4 is 9.47 Å². The summed E-state index contributed by atoms with van der Waals surface area (Å²) in [6, 6.07) is 6.80. The number of rotatable bonds is 2. The quantitative estimate of drug-likeness (QED) is 0.824. The standard InChI is InChI=1S/C20H27NO4/c1-22-17-6-2-4-15-18-16(5-3-11-24-18)20(25-19(15)17)7-9-21(10-8-20)14-12-23-13-14/h2,4,6,14,16,18H,3,5,7-13H2,1H3/t16-,18+/m1/s1. The highest BCUT2D eigenvalue weighted by atomic mass is 16.5. The molecule has 0 amide bonds. The smallest absolute Gasteiger partial charge is 0.167 e. The molecule has 136 valence electrons. The minimum atomic E-state index is -0.117. The van der Waals surface area contributed by atoms with Crippen LogP contribution in [-0.2, 0) is 9.47 Å². The van der Waals surface area contributed by atoms with E-state index in [4.69, 9.17) is 18.9 Å². The fraction of sp³-hybridized carbons (Fsp3) is 0.700. The second-order valence-electron chi connectivity index (χ2n) is 7.81. The van der Waals surface area contributed by atoms with Crippen LogP contribution in [0.25, 0.3) is 0 Å². The highest BCUT2D eigenvalue weighted by Crippen LogP contribution is 2.55. The van der Waals surface area contributed by atoms with E-state index in [9.17, 15) is 0 Å². The summed E-state index contributed by atoms with van der Waals surface area (Å²) in [5.74, 6) is 2.19. The molecule has 0 saturated carbocycles. The number of fused-ring (bicyclic) bond motifs is 4. The molecule has 0 radical (unpaired) electrons. The minimum absolute atomic E-state index is 0.117. The van der Waals surface area contributed by atoms with Crippen molar-refractivity contribution in [3.8, 4) is 11.5 Å². The zero-order valence-electron chi connectivity index (χ0n) is 14.9. The van der Waals surface area contributed by atoms with E-state index < -0.39 is 0 Å². The van der Waals surface area contributed by atoms with E-state index in [0.29, 0.717) is 12.0 Å². The first-order valence-corrected chi connectivity index (χ1v) is 9.60. The maximum absolute atomic E-state index is 6.77. The van der Waals surface area contributed by atoms with Crippen molar-refractivity contribution in [1.82, 2.24) is 4.90 Å². The number of hydrogen-bond donors (Lipinski definition) is 0. The maximum Gasteiger partial charge on any atom is 0.167 e. The summed E-state index contributed by atoms with van der Waals surface area (Å²) in [6.07, 6.45) is 4.59. The number of hydrogen-bond acceptors (Lipinski definition) is 5. The Balaban J connectivity index is 1.47. The van der Waals surface area contributed by atoms with E-state index in [2.05, 4.69) is 11.0 Å². The zero-order valence-corrected chi connectivity index (χ0v) is 14.9. The van der Waals surface area contributed by atoms with Crippen molar-refractivity contribution in [2.45, 2.75) is 43.4 Å². The molecule has 5 nitrogen and oxygen atoms in total. The molecular formula is C20H27NO4. The Morgan fingerprint density at radius 3 is 2.76 bits per heavy atom. The maximum atomic E-state index is 6.77. The molecular weight excluding hydrogens is 318 g/mol. The first-order valence-electron chi connectivity index (χ1n) is 9.60. The van der Waals surface area contributed by atoms with Gasteiger partial charge in [-0.2, -0.15) is 0 Å². The lowest BCUT2D eigenvalue weighted by atomic mass is 9.69. The van der Waals surface area contributed by atoms with Crippen LogP contribution >= 0.6 is 0 Å². The summed E-state index contributed by atoms with van der Waals surface area (Å²) >= 11 is 0. The molecule has 2 atom stereocenters. The van der Waals surface area contributed by atoms with E-state index >= 15 is 0 Å². The molecule has 0 bridgehead atoms. The lowest BCUT2D eigenvalue weighted by Gasteiger charge is -2.54. The van der Waals surface area contributed by atoms with E-state index in [-0.39, 0.29) is 11.7 Å². The fourth-order valence-electron chi connectivity index (χ4n) is 5.11. The van der Waals surface area contributed by atoms with Crippen molar-refractivity contribution >= 4 is 0 Å². The molecule has 3 saturated heterocycles. The molecule has 1 aromatic rings. The second-order valence-corrected chi connectivity index (χ2v) is 7.81. The van der Waals surface area contributed by atoms with Gasteiger partial charge in [0.25, 0.3) is 0 Å². The Labute approximate surface area is 149 Å². The summed E-state index contributed by atoms with van der Waals surface area (Å²) in [7, 11) is 1.72. The number of likely N-dealkylation sites (tertiary alicyclic amines) is 1. The van der Waals surface area contributed by atoms with Gasteiger partial charge in [-0.1, -0.05) is 12.1 Å². The average Bonchev–Trinajstić information content (AvgIpc) is 2.62. The van der Waals surface area contributed by atoms with Crippen LogP contribution in [0.2, 0.25) is 0 Å². The second kappa shape index (κ2) is 6.15. The van der Waals surface area contributed by atoms with E-state index in [1.165, 1.54) is 12.0 Å². The van der Waals surface area contributed by atoms with E-state index in [0.717, 1.165) is 63.7 Å². The lowest BCUT2D eigenvalue weighted by Crippen LogP contribution is -2.60. The Kier molecular flexibility index (Phi) is 3.91. The molecule has 0 N–H and O–H groups in total. The number of methoxy groups -OCH3 is 1. The number of para-hydroxylation sites is 1. The summed E-state index contributed by atoms with van der Waals surface area (Å²) in [5.41, 5.74) is 1.05. The SMILES string of the molecule is COc1cccc2c1OC1(CCN(C3COC3)CC1)[C@@H]1CCCO[C@@H]21. The van der Waals surface area contributed by atoms with Gasteiger partial charge in [-0.3, -0.25) is 4.90 Å². The summed E-state index contributed by atoms with van der Waals surface area (Å²) in [5, 5.41) is 0. The van der Waals surface area contributed by atoms with Crippen LogP contribution in [0.4, 0.5) is 0 Å². The third-order valence-corrected chi connectivity index (χ3v) is 6.62. The third kappa shape index (κ3) is 2.47. The van der Waals surface area contributed by atoms with Crippen molar-refractivity contribution < 1.29 is 18.9 Å². The van der Waals surface area contributed by atoms with Gasteiger partial charge in [-0.15, -0.1) is 0 Å². The van der Waals surface area contributed by atoms with Gasteiger partial charge < -0.3 is 18.9 Å². The van der Waals surface area contributed by atoms with E-state index in [1.807, 2.05) is 12.1 Å². The van der Waals surface area contributed by atoms with Gasteiger partial charge in [0.05, 0.1) is 32.5 Å². The fourth-order valence-corrected chi connectivity index (χ4v) is 5.11. The molecule has 3 fully saturated rings. The highest BCUT2D eigenvalue weighted by molar-refractivity contribution is 5.50. The van der Waals surface area contributed by atoms with E-state index in [1.54, 1.807) is 7.11 Å². The lowest BCUT2D eigenvalue weighted by molar-refractivity contribution is -0.162. The first-order chi connectivity index (χ1) is 12.3. The summed E-state index contributed by atoms with van der Waals surface area (Å²) in [6.45, 7) is 4.79. The molecule has 25 heavy (non-hydrogen) atoms. The van der Waals surface area contributed by atoms with Gasteiger partial charge in [0.1, 0.15) is 5.60 Å². The third-order valence-electron chi connectivity index (χ3n) is 6.62. The van der Waals surface area contributed by atoms with Gasteiger partial charge in [0.2, 0.25) is 0 Å². The van der Waals surface area contributed by atoms with Gasteiger partial charge in [0.15, 0.2) is 11.5 Å². The topological polar surface area (TPSA) is 40.2 Å². The summed E-state index contributed by atoms with van der Waals surface area (Å²) < 4.78 is 24.0. The van der Waals surface area contributed by atoms with Crippen LogP contribution in [0.1, 0.15) is 37.4 Å². The van der Waals surface area contributed by atoms with Gasteiger partial charge >= 0.3 is 0 Å². The number of piperidine rings is 1. The molecule has 0 aliphatic carbocycles. The van der Waals surface area contributed by atoms with Crippen LogP contribution in [0.5, 0.6) is 11.5 Å². The minimum Gasteiger partial charge on any atom is -0.493 e. The predicted molar refractivity (Wildman–Crippen MR) is 93.2 cm³/mol. The van der Waals surface area contributed by atoms with Crippen LogP contribution in [0, 0.1) is 5.92 Å². The van der Waals surface area contributed by atoms with Crippen molar-refractivity contribution in [3.05, 3.63) is 23.8 Å². The molecule has 4 aliphatic heterocycles. The van der Waals surface area contributed by atoms with Crippen molar-refractivity contribution in [3.63, 3.8) is 0 Å². The molecule has 5 rings (SSSR count). The van der Waals surface area contributed by atoms with Gasteiger partial charge in [-0.25, -0.2) is 0 Å². The van der Waals surface area contributed by atoms with Crippen molar-refractivity contribution in [2.75, 3.05) is 40.0 Å². The number of benzene rings is 1. The van der Waals surface area contributed by atoms with Crippen LogP contribution in [0.3, 0.4) is 0 Å². The monoisotopic (exact) mass is 345 g/mol. The molecule has 4 heterocycles. The predicted octanol–water partition coefficient (Wildman–Crippen LogP) is 2.79. The Bertz CT molecular complexity index is 637. The average molecular weight is 345 g/mol. The normalized spacial score (nSPS) is 31.6. The Hall–Kier alpha value is -1.30. The zero-order chi connectivity index (χ0) is 16.9. The number of nitrogens with zero attached hydrogens (tertiary/aromatic N) is 1. The van der Waals surface area contributed by atoms with Gasteiger partial charge in [-0.05, 0) is 18.9 Å². The molecule has 1 aromatic carbocycles. The Morgan fingerprint density at radius 1 is 1.20 bits per heavy atom. The molecule has 5 heteroatoms. The molecule has 1 spiro atoms.